The summed E-state index contributed by atoms with van der Waals surface area (Å²) < 4.78 is 5.58. The third-order valence-corrected chi connectivity index (χ3v) is 5.98. The average Bonchev–Trinajstić information content (AvgIpc) is 3.02. The van der Waals surface area contributed by atoms with Gasteiger partial charge in [0, 0.05) is 12.8 Å². The van der Waals surface area contributed by atoms with E-state index in [2.05, 4.69) is 36.3 Å². The van der Waals surface area contributed by atoms with Crippen molar-refractivity contribution in [3.8, 4) is 0 Å². The second kappa shape index (κ2) is 9.44. The summed E-state index contributed by atoms with van der Waals surface area (Å²) in [5.41, 5.74) is 0.327. The van der Waals surface area contributed by atoms with Gasteiger partial charge in [-0.05, 0) is 49.9 Å². The number of anilines is 1. The summed E-state index contributed by atoms with van der Waals surface area (Å²) in [7, 11) is 0. The van der Waals surface area contributed by atoms with Gasteiger partial charge in [-0.2, -0.15) is 0 Å². The second-order valence-corrected chi connectivity index (χ2v) is 9.15. The summed E-state index contributed by atoms with van der Waals surface area (Å²) in [5, 5.41) is 12.0. The molecule has 26 heavy (non-hydrogen) atoms. The van der Waals surface area contributed by atoms with Crippen LogP contribution in [-0.4, -0.2) is 28.2 Å². The molecule has 1 heterocycles. The SMILES string of the molecule is CCc1nnc(NC(=O)CCCC(=O)OC2CCC(C(C)(C)C)CC2)s1. The molecule has 0 unspecified atom stereocenters. The Kier molecular flexibility index (Phi) is 7.55. The largest absolute Gasteiger partial charge is 0.462 e. The third-order valence-electron chi connectivity index (χ3n) is 5.00. The smallest absolute Gasteiger partial charge is 0.306 e. The van der Waals surface area contributed by atoms with Crippen LogP contribution in [0.3, 0.4) is 0 Å². The number of esters is 1. The molecule has 0 aliphatic heterocycles. The summed E-state index contributed by atoms with van der Waals surface area (Å²) in [4.78, 5) is 23.9. The number of carbonyl (C=O) groups excluding carboxylic acids is 2. The number of rotatable bonds is 7. The van der Waals surface area contributed by atoms with Crippen LogP contribution in [0.15, 0.2) is 0 Å². The first kappa shape index (κ1) is 20.8. The first-order valence-corrected chi connectivity index (χ1v) is 10.4. The molecule has 0 radical (unpaired) electrons. The molecule has 0 spiro atoms. The molecule has 2 rings (SSSR count). The maximum atomic E-state index is 12.0. The van der Waals surface area contributed by atoms with Gasteiger partial charge < -0.3 is 10.1 Å². The van der Waals surface area contributed by atoms with Crippen LogP contribution in [0.2, 0.25) is 0 Å². The molecule has 1 N–H and O–H groups in total. The summed E-state index contributed by atoms with van der Waals surface area (Å²) in [6, 6.07) is 0. The van der Waals surface area contributed by atoms with Crippen LogP contribution in [0.1, 0.15) is 77.6 Å². The van der Waals surface area contributed by atoms with E-state index in [9.17, 15) is 9.59 Å². The number of nitrogens with one attached hydrogen (secondary N) is 1. The van der Waals surface area contributed by atoms with Gasteiger partial charge in [-0.1, -0.05) is 39.0 Å². The van der Waals surface area contributed by atoms with E-state index in [0.717, 1.165) is 37.1 Å². The Balaban J connectivity index is 1.61. The molecule has 1 aliphatic rings. The number of carbonyl (C=O) groups is 2. The van der Waals surface area contributed by atoms with E-state index in [-0.39, 0.29) is 30.8 Å². The maximum absolute atomic E-state index is 12.0. The number of ether oxygens (including phenoxy) is 1. The minimum atomic E-state index is -0.193. The lowest BCUT2D eigenvalue weighted by Crippen LogP contribution is -2.30. The van der Waals surface area contributed by atoms with Crippen molar-refractivity contribution in [2.75, 3.05) is 5.32 Å². The van der Waals surface area contributed by atoms with Gasteiger partial charge in [-0.15, -0.1) is 10.2 Å². The third kappa shape index (κ3) is 6.67. The minimum absolute atomic E-state index is 0.0452. The number of nitrogens with zero attached hydrogens (tertiary/aromatic N) is 2. The van der Waals surface area contributed by atoms with Crippen molar-refractivity contribution in [3.63, 3.8) is 0 Å². The van der Waals surface area contributed by atoms with Crippen molar-refractivity contribution in [1.29, 1.82) is 0 Å². The molecule has 0 aromatic carbocycles. The lowest BCUT2D eigenvalue weighted by Gasteiger charge is -2.36. The van der Waals surface area contributed by atoms with Gasteiger partial charge in [0.05, 0.1) is 0 Å². The van der Waals surface area contributed by atoms with Crippen molar-refractivity contribution in [2.24, 2.45) is 11.3 Å². The van der Waals surface area contributed by atoms with E-state index in [0.29, 0.717) is 22.9 Å². The fourth-order valence-electron chi connectivity index (χ4n) is 3.31. The number of aromatic nitrogens is 2. The van der Waals surface area contributed by atoms with Crippen LogP contribution >= 0.6 is 11.3 Å². The Morgan fingerprint density at radius 3 is 2.42 bits per heavy atom. The molecule has 146 valence electrons. The quantitative estimate of drug-likeness (QED) is 0.710. The molecule has 1 aliphatic carbocycles. The number of amides is 1. The zero-order valence-corrected chi connectivity index (χ0v) is 17.2. The van der Waals surface area contributed by atoms with Gasteiger partial charge >= 0.3 is 5.97 Å². The number of hydrogen-bond donors (Lipinski definition) is 1. The molecule has 1 aromatic heterocycles. The molecule has 0 atom stereocenters. The fraction of sp³-hybridized carbons (Fsp3) is 0.789. The molecule has 0 saturated heterocycles. The van der Waals surface area contributed by atoms with Crippen LogP contribution in [0.4, 0.5) is 5.13 Å². The van der Waals surface area contributed by atoms with E-state index >= 15 is 0 Å². The highest BCUT2D eigenvalue weighted by Crippen LogP contribution is 2.38. The molecule has 1 aromatic rings. The molecule has 6 nitrogen and oxygen atoms in total. The molecular weight excluding hydrogens is 350 g/mol. The summed E-state index contributed by atoms with van der Waals surface area (Å²) in [5.74, 6) is 0.373. The molecule has 0 bridgehead atoms. The van der Waals surface area contributed by atoms with Crippen LogP contribution in [-0.2, 0) is 20.7 Å². The second-order valence-electron chi connectivity index (χ2n) is 8.09. The Morgan fingerprint density at radius 2 is 1.85 bits per heavy atom. The average molecular weight is 382 g/mol. The van der Waals surface area contributed by atoms with E-state index in [1.54, 1.807) is 0 Å². The van der Waals surface area contributed by atoms with Gasteiger partial charge in [0.15, 0.2) is 0 Å². The van der Waals surface area contributed by atoms with Crippen molar-refractivity contribution in [3.05, 3.63) is 5.01 Å². The first-order chi connectivity index (χ1) is 12.3. The van der Waals surface area contributed by atoms with Crippen molar-refractivity contribution < 1.29 is 14.3 Å². The lowest BCUT2D eigenvalue weighted by atomic mass is 9.72. The highest BCUT2D eigenvalue weighted by molar-refractivity contribution is 7.15. The highest BCUT2D eigenvalue weighted by Gasteiger charge is 2.30. The highest BCUT2D eigenvalue weighted by atomic mass is 32.1. The van der Waals surface area contributed by atoms with Crippen LogP contribution in [0.5, 0.6) is 0 Å². The predicted molar refractivity (Wildman–Crippen MR) is 103 cm³/mol. The Morgan fingerprint density at radius 1 is 1.15 bits per heavy atom. The molecule has 1 saturated carbocycles. The van der Waals surface area contributed by atoms with Gasteiger partial charge in [0.2, 0.25) is 11.0 Å². The maximum Gasteiger partial charge on any atom is 0.306 e. The monoisotopic (exact) mass is 381 g/mol. The summed E-state index contributed by atoms with van der Waals surface area (Å²) in [6.45, 7) is 8.83. The van der Waals surface area contributed by atoms with Gasteiger partial charge in [-0.3, -0.25) is 9.59 Å². The van der Waals surface area contributed by atoms with Crippen molar-refractivity contribution in [2.45, 2.75) is 85.2 Å². The van der Waals surface area contributed by atoms with E-state index in [1.165, 1.54) is 11.3 Å². The van der Waals surface area contributed by atoms with Gasteiger partial charge in [0.25, 0.3) is 0 Å². The normalized spacial score (nSPS) is 20.6. The minimum Gasteiger partial charge on any atom is -0.462 e. The Hall–Kier alpha value is -1.50. The van der Waals surface area contributed by atoms with Crippen LogP contribution in [0.25, 0.3) is 0 Å². The summed E-state index contributed by atoms with van der Waals surface area (Å²) >= 11 is 1.38. The topological polar surface area (TPSA) is 81.2 Å². The lowest BCUT2D eigenvalue weighted by molar-refractivity contribution is -0.151. The van der Waals surface area contributed by atoms with Gasteiger partial charge in [-0.25, -0.2) is 0 Å². The molecule has 1 amide bonds. The van der Waals surface area contributed by atoms with Crippen LogP contribution in [0, 0.1) is 11.3 Å². The first-order valence-electron chi connectivity index (χ1n) is 9.59. The van der Waals surface area contributed by atoms with E-state index in [4.69, 9.17) is 4.74 Å². The molecule has 1 fully saturated rings. The number of hydrogen-bond acceptors (Lipinski definition) is 6. The Labute approximate surface area is 160 Å². The standard InChI is InChI=1S/C19H31N3O3S/c1-5-16-21-22-18(26-16)20-15(23)7-6-8-17(24)25-14-11-9-13(10-12-14)19(2,3)4/h13-14H,5-12H2,1-4H3,(H,20,22,23). The van der Waals surface area contributed by atoms with Crippen LogP contribution < -0.4 is 5.32 Å². The molecule has 7 heteroatoms. The fourth-order valence-corrected chi connectivity index (χ4v) is 4.01. The zero-order valence-electron chi connectivity index (χ0n) is 16.3. The zero-order chi connectivity index (χ0) is 19.2. The van der Waals surface area contributed by atoms with Crippen molar-refractivity contribution in [1.82, 2.24) is 10.2 Å². The van der Waals surface area contributed by atoms with Crippen molar-refractivity contribution >= 4 is 28.3 Å². The molecular formula is C19H31N3O3S. The van der Waals surface area contributed by atoms with E-state index < -0.39 is 0 Å². The Bertz CT molecular complexity index is 601. The van der Waals surface area contributed by atoms with E-state index in [1.807, 2.05) is 6.92 Å². The predicted octanol–water partition coefficient (Wildman–Crippen LogP) is 4.36. The van der Waals surface area contributed by atoms with Gasteiger partial charge in [0.1, 0.15) is 11.1 Å². The number of aryl methyl sites for hydroxylation is 1. The summed E-state index contributed by atoms with van der Waals surface area (Å²) in [6.07, 6.45) is 6.03.